The summed E-state index contributed by atoms with van der Waals surface area (Å²) in [5.74, 6) is 0.577. The molecule has 17 heavy (non-hydrogen) atoms. The maximum atomic E-state index is 11.8. The predicted octanol–water partition coefficient (Wildman–Crippen LogP) is 1.05. The molecule has 0 bridgehead atoms. The fourth-order valence-electron chi connectivity index (χ4n) is 1.31. The number of nitrogens with one attached hydrogen (secondary N) is 2. The van der Waals surface area contributed by atoms with Gasteiger partial charge in [0.05, 0.1) is 12.9 Å². The molecule has 2 aromatic rings. The number of H-pyrrole nitrogens is 1. The Morgan fingerprint density at radius 2 is 2.24 bits per heavy atom. The van der Waals surface area contributed by atoms with Crippen LogP contribution in [0, 0.1) is 0 Å². The first-order valence-electron chi connectivity index (χ1n) is 5.01. The van der Waals surface area contributed by atoms with Crippen LogP contribution in [0.1, 0.15) is 0 Å². The number of anilines is 1. The van der Waals surface area contributed by atoms with Crippen molar-refractivity contribution in [3.63, 3.8) is 0 Å². The number of hydrogen-bond acceptors (Lipinski definition) is 5. The van der Waals surface area contributed by atoms with E-state index in [-0.39, 0.29) is 6.61 Å². The van der Waals surface area contributed by atoms with Crippen molar-refractivity contribution in [1.29, 1.82) is 0 Å². The SMILES string of the molecule is FC(F)COCCNc1ncnc2nc[nH]c12. The fraction of sp³-hybridized carbons (Fsp3) is 0.444. The normalized spacial score (nSPS) is 11.2. The Morgan fingerprint density at radius 1 is 1.35 bits per heavy atom. The van der Waals surface area contributed by atoms with Crippen LogP contribution in [-0.4, -0.2) is 46.1 Å². The summed E-state index contributed by atoms with van der Waals surface area (Å²) >= 11 is 0. The van der Waals surface area contributed by atoms with E-state index in [1.165, 1.54) is 12.7 Å². The van der Waals surface area contributed by atoms with Gasteiger partial charge in [-0.15, -0.1) is 0 Å². The lowest BCUT2D eigenvalue weighted by molar-refractivity contribution is 0.0215. The number of aromatic amines is 1. The molecule has 0 aliphatic heterocycles. The van der Waals surface area contributed by atoms with Gasteiger partial charge in [0.2, 0.25) is 0 Å². The van der Waals surface area contributed by atoms with Crippen molar-refractivity contribution in [3.05, 3.63) is 12.7 Å². The molecule has 2 heterocycles. The Kier molecular flexibility index (Phi) is 3.76. The minimum atomic E-state index is -2.44. The Labute approximate surface area is 95.4 Å². The second kappa shape index (κ2) is 5.48. The van der Waals surface area contributed by atoms with E-state index in [9.17, 15) is 8.78 Å². The third kappa shape index (κ3) is 3.06. The van der Waals surface area contributed by atoms with Crippen LogP contribution in [0.4, 0.5) is 14.6 Å². The van der Waals surface area contributed by atoms with E-state index in [4.69, 9.17) is 4.74 Å². The molecule has 2 rings (SSSR count). The van der Waals surface area contributed by atoms with Crippen LogP contribution < -0.4 is 5.32 Å². The van der Waals surface area contributed by atoms with Crippen molar-refractivity contribution in [3.8, 4) is 0 Å². The van der Waals surface area contributed by atoms with Crippen molar-refractivity contribution >= 4 is 17.0 Å². The average Bonchev–Trinajstić information content (AvgIpc) is 2.77. The first kappa shape index (κ1) is 11.6. The average molecular weight is 243 g/mol. The van der Waals surface area contributed by atoms with Crippen molar-refractivity contribution < 1.29 is 13.5 Å². The number of halogens is 2. The molecule has 6 nitrogen and oxygen atoms in total. The second-order valence-corrected chi connectivity index (χ2v) is 3.22. The summed E-state index contributed by atoms with van der Waals surface area (Å²) in [4.78, 5) is 14.8. The van der Waals surface area contributed by atoms with Gasteiger partial charge in [0.15, 0.2) is 11.5 Å². The molecular weight excluding hydrogens is 232 g/mol. The van der Waals surface area contributed by atoms with Gasteiger partial charge < -0.3 is 15.0 Å². The molecule has 0 atom stereocenters. The maximum absolute atomic E-state index is 11.8. The van der Waals surface area contributed by atoms with Crippen LogP contribution >= 0.6 is 0 Å². The highest BCUT2D eigenvalue weighted by Crippen LogP contribution is 2.13. The number of imidazole rings is 1. The molecule has 0 aliphatic carbocycles. The molecule has 0 aliphatic rings. The quantitative estimate of drug-likeness (QED) is 0.741. The summed E-state index contributed by atoms with van der Waals surface area (Å²) in [5, 5.41) is 2.96. The molecule has 0 aromatic carbocycles. The standard InChI is InChI=1S/C9H11F2N5O/c10-6(11)3-17-2-1-12-8-7-9(14-4-13-7)16-5-15-8/h4-6H,1-3H2,(H2,12,13,14,15,16). The van der Waals surface area contributed by atoms with Crippen molar-refractivity contribution in [2.75, 3.05) is 25.1 Å². The first-order chi connectivity index (χ1) is 8.27. The number of ether oxygens (including phenoxy) is 1. The predicted molar refractivity (Wildman–Crippen MR) is 57.0 cm³/mol. The van der Waals surface area contributed by atoms with E-state index in [0.717, 1.165) is 0 Å². The number of fused-ring (bicyclic) bond motifs is 1. The van der Waals surface area contributed by atoms with Crippen molar-refractivity contribution in [1.82, 2.24) is 19.9 Å². The highest BCUT2D eigenvalue weighted by Gasteiger charge is 2.05. The zero-order valence-corrected chi connectivity index (χ0v) is 8.86. The molecule has 0 fully saturated rings. The van der Waals surface area contributed by atoms with Gasteiger partial charge in [0.25, 0.3) is 6.43 Å². The monoisotopic (exact) mass is 243 g/mol. The molecule has 0 radical (unpaired) electrons. The lowest BCUT2D eigenvalue weighted by Gasteiger charge is -2.06. The van der Waals surface area contributed by atoms with E-state index in [0.29, 0.717) is 23.5 Å². The smallest absolute Gasteiger partial charge is 0.261 e. The lowest BCUT2D eigenvalue weighted by atomic mass is 10.5. The molecular formula is C9H11F2N5O. The summed E-state index contributed by atoms with van der Waals surface area (Å²) in [6.45, 7) is 0.0206. The Hall–Kier alpha value is -1.83. The Balaban J connectivity index is 1.84. The number of rotatable bonds is 6. The Bertz CT molecular complexity index is 475. The van der Waals surface area contributed by atoms with Gasteiger partial charge in [0.1, 0.15) is 18.5 Å². The summed E-state index contributed by atoms with van der Waals surface area (Å²) in [6.07, 6.45) is 0.456. The molecule has 0 amide bonds. The van der Waals surface area contributed by atoms with Gasteiger partial charge in [-0.2, -0.15) is 0 Å². The van der Waals surface area contributed by atoms with Crippen LogP contribution in [-0.2, 0) is 4.74 Å². The largest absolute Gasteiger partial charge is 0.374 e. The zero-order chi connectivity index (χ0) is 12.1. The van der Waals surface area contributed by atoms with Gasteiger partial charge in [-0.1, -0.05) is 0 Å². The number of alkyl halides is 2. The van der Waals surface area contributed by atoms with E-state index < -0.39 is 13.0 Å². The minimum Gasteiger partial charge on any atom is -0.374 e. The molecule has 2 N–H and O–H groups in total. The molecule has 0 spiro atoms. The number of hydrogen-bond donors (Lipinski definition) is 2. The van der Waals surface area contributed by atoms with Crippen LogP contribution in [0.2, 0.25) is 0 Å². The molecule has 0 saturated heterocycles. The van der Waals surface area contributed by atoms with Crippen LogP contribution in [0.25, 0.3) is 11.2 Å². The van der Waals surface area contributed by atoms with Gasteiger partial charge in [-0.05, 0) is 0 Å². The van der Waals surface area contributed by atoms with Crippen molar-refractivity contribution in [2.45, 2.75) is 6.43 Å². The summed E-state index contributed by atoms with van der Waals surface area (Å²) in [6, 6.07) is 0. The summed E-state index contributed by atoms with van der Waals surface area (Å²) in [5.41, 5.74) is 1.23. The van der Waals surface area contributed by atoms with Crippen LogP contribution in [0.3, 0.4) is 0 Å². The van der Waals surface area contributed by atoms with Crippen LogP contribution in [0.5, 0.6) is 0 Å². The second-order valence-electron chi connectivity index (χ2n) is 3.22. The molecule has 0 saturated carbocycles. The highest BCUT2D eigenvalue weighted by atomic mass is 19.3. The third-order valence-corrected chi connectivity index (χ3v) is 2.01. The minimum absolute atomic E-state index is 0.184. The topological polar surface area (TPSA) is 75.7 Å². The first-order valence-corrected chi connectivity index (χ1v) is 5.01. The highest BCUT2D eigenvalue weighted by molar-refractivity contribution is 5.81. The lowest BCUT2D eigenvalue weighted by Crippen LogP contribution is -2.14. The molecule has 2 aromatic heterocycles. The van der Waals surface area contributed by atoms with Gasteiger partial charge >= 0.3 is 0 Å². The maximum Gasteiger partial charge on any atom is 0.261 e. The van der Waals surface area contributed by atoms with Gasteiger partial charge in [-0.3, -0.25) is 0 Å². The van der Waals surface area contributed by atoms with E-state index >= 15 is 0 Å². The summed E-state index contributed by atoms with van der Waals surface area (Å²) < 4.78 is 28.3. The molecule has 92 valence electrons. The summed E-state index contributed by atoms with van der Waals surface area (Å²) in [7, 11) is 0. The van der Waals surface area contributed by atoms with Gasteiger partial charge in [0, 0.05) is 6.54 Å². The van der Waals surface area contributed by atoms with E-state index in [1.54, 1.807) is 0 Å². The fourth-order valence-corrected chi connectivity index (χ4v) is 1.31. The zero-order valence-electron chi connectivity index (χ0n) is 8.86. The van der Waals surface area contributed by atoms with Crippen LogP contribution in [0.15, 0.2) is 12.7 Å². The van der Waals surface area contributed by atoms with Gasteiger partial charge in [-0.25, -0.2) is 23.7 Å². The number of aromatic nitrogens is 4. The molecule has 0 unspecified atom stereocenters. The van der Waals surface area contributed by atoms with E-state index in [2.05, 4.69) is 25.3 Å². The third-order valence-electron chi connectivity index (χ3n) is 2.01. The Morgan fingerprint density at radius 3 is 3.06 bits per heavy atom. The van der Waals surface area contributed by atoms with E-state index in [1.807, 2.05) is 0 Å². The number of nitrogens with zero attached hydrogens (tertiary/aromatic N) is 3. The molecule has 8 heteroatoms. The van der Waals surface area contributed by atoms with Crippen molar-refractivity contribution in [2.24, 2.45) is 0 Å².